The van der Waals surface area contributed by atoms with Crippen molar-refractivity contribution in [3.63, 3.8) is 0 Å². The second-order valence-corrected chi connectivity index (χ2v) is 5.72. The zero-order valence-corrected chi connectivity index (χ0v) is 12.0. The minimum absolute atomic E-state index is 0.186. The van der Waals surface area contributed by atoms with Gasteiger partial charge in [-0.1, -0.05) is 42.0 Å². The van der Waals surface area contributed by atoms with Gasteiger partial charge in [-0.25, -0.2) is 4.79 Å². The molecule has 3 rings (SSSR count). The summed E-state index contributed by atoms with van der Waals surface area (Å²) in [6.45, 7) is 2.07. The highest BCUT2D eigenvalue weighted by molar-refractivity contribution is 5.94. The van der Waals surface area contributed by atoms with E-state index in [0.29, 0.717) is 17.2 Å². The predicted molar refractivity (Wildman–Crippen MR) is 83.7 cm³/mol. The van der Waals surface area contributed by atoms with E-state index in [4.69, 9.17) is 0 Å². The Balaban J connectivity index is 1.90. The molecule has 0 spiro atoms. The van der Waals surface area contributed by atoms with Crippen LogP contribution in [0, 0.1) is 12.8 Å². The SMILES string of the molecule is Cc1ccc(C(Nc2ccccc2C(=O)O)C2CC2)cc1. The Morgan fingerprint density at radius 2 is 1.81 bits per heavy atom. The molecule has 21 heavy (non-hydrogen) atoms. The fourth-order valence-electron chi connectivity index (χ4n) is 2.64. The Morgan fingerprint density at radius 3 is 2.43 bits per heavy atom. The number of hydrogen-bond donors (Lipinski definition) is 2. The predicted octanol–water partition coefficient (Wildman–Crippen LogP) is 4.26. The molecule has 2 aromatic rings. The minimum Gasteiger partial charge on any atom is -0.478 e. The van der Waals surface area contributed by atoms with Gasteiger partial charge < -0.3 is 10.4 Å². The molecule has 0 aromatic heterocycles. The molecule has 2 aromatic carbocycles. The number of carboxylic acids is 1. The van der Waals surface area contributed by atoms with Crippen LogP contribution < -0.4 is 5.32 Å². The summed E-state index contributed by atoms with van der Waals surface area (Å²) in [6.07, 6.45) is 2.39. The van der Waals surface area contributed by atoms with Gasteiger partial charge in [0.2, 0.25) is 0 Å². The minimum atomic E-state index is -0.892. The summed E-state index contributed by atoms with van der Waals surface area (Å²) in [5.41, 5.74) is 3.49. The van der Waals surface area contributed by atoms with Gasteiger partial charge in [0.25, 0.3) is 0 Å². The van der Waals surface area contributed by atoms with E-state index in [-0.39, 0.29) is 6.04 Å². The first-order chi connectivity index (χ1) is 10.1. The summed E-state index contributed by atoms with van der Waals surface area (Å²) in [5, 5.41) is 12.7. The molecular formula is C18H19NO2. The van der Waals surface area contributed by atoms with E-state index in [1.165, 1.54) is 24.0 Å². The molecule has 1 aliphatic carbocycles. The van der Waals surface area contributed by atoms with Gasteiger partial charge in [-0.3, -0.25) is 0 Å². The Hall–Kier alpha value is -2.29. The van der Waals surface area contributed by atoms with E-state index in [1.54, 1.807) is 12.1 Å². The highest BCUT2D eigenvalue weighted by atomic mass is 16.4. The van der Waals surface area contributed by atoms with Gasteiger partial charge in [0.15, 0.2) is 0 Å². The second-order valence-electron chi connectivity index (χ2n) is 5.72. The Kier molecular flexibility index (Phi) is 3.65. The normalized spacial score (nSPS) is 15.5. The third-order valence-corrected chi connectivity index (χ3v) is 4.00. The van der Waals surface area contributed by atoms with E-state index in [2.05, 4.69) is 36.5 Å². The number of nitrogens with one attached hydrogen (secondary N) is 1. The smallest absolute Gasteiger partial charge is 0.337 e. The van der Waals surface area contributed by atoms with Crippen molar-refractivity contribution in [3.8, 4) is 0 Å². The molecular weight excluding hydrogens is 262 g/mol. The van der Waals surface area contributed by atoms with Crippen molar-refractivity contribution in [2.24, 2.45) is 5.92 Å². The van der Waals surface area contributed by atoms with Crippen molar-refractivity contribution in [2.75, 3.05) is 5.32 Å². The van der Waals surface area contributed by atoms with Crippen LogP contribution in [-0.4, -0.2) is 11.1 Å². The topological polar surface area (TPSA) is 49.3 Å². The van der Waals surface area contributed by atoms with Crippen LogP contribution in [-0.2, 0) is 0 Å². The molecule has 2 N–H and O–H groups in total. The van der Waals surface area contributed by atoms with Crippen molar-refractivity contribution in [1.82, 2.24) is 0 Å². The fourth-order valence-corrected chi connectivity index (χ4v) is 2.64. The maximum atomic E-state index is 11.3. The highest BCUT2D eigenvalue weighted by Crippen LogP contribution is 2.43. The quantitative estimate of drug-likeness (QED) is 0.861. The summed E-state index contributed by atoms with van der Waals surface area (Å²) in [7, 11) is 0. The number of benzene rings is 2. The monoisotopic (exact) mass is 281 g/mol. The summed E-state index contributed by atoms with van der Waals surface area (Å²) in [5.74, 6) is -0.300. The number of aryl methyl sites for hydroxylation is 1. The summed E-state index contributed by atoms with van der Waals surface area (Å²) in [6, 6.07) is 15.8. The van der Waals surface area contributed by atoms with Gasteiger partial charge in [-0.2, -0.15) is 0 Å². The first kappa shape index (κ1) is 13.7. The molecule has 0 amide bonds. The first-order valence-corrected chi connectivity index (χ1v) is 7.30. The maximum absolute atomic E-state index is 11.3. The molecule has 0 heterocycles. The first-order valence-electron chi connectivity index (χ1n) is 7.30. The van der Waals surface area contributed by atoms with Crippen LogP contribution in [0.2, 0.25) is 0 Å². The van der Waals surface area contributed by atoms with Gasteiger partial charge in [0.05, 0.1) is 11.6 Å². The number of para-hydroxylation sites is 1. The lowest BCUT2D eigenvalue weighted by atomic mass is 10.00. The number of rotatable bonds is 5. The van der Waals surface area contributed by atoms with Crippen LogP contribution in [0.3, 0.4) is 0 Å². The van der Waals surface area contributed by atoms with Crippen LogP contribution in [0.1, 0.15) is 40.4 Å². The number of hydrogen-bond acceptors (Lipinski definition) is 2. The molecule has 3 heteroatoms. The zero-order chi connectivity index (χ0) is 14.8. The lowest BCUT2D eigenvalue weighted by Crippen LogP contribution is -2.15. The lowest BCUT2D eigenvalue weighted by molar-refractivity contribution is 0.0698. The average molecular weight is 281 g/mol. The van der Waals surface area contributed by atoms with Crippen LogP contribution in [0.25, 0.3) is 0 Å². The molecule has 1 saturated carbocycles. The zero-order valence-electron chi connectivity index (χ0n) is 12.0. The standard InChI is InChI=1S/C18H19NO2/c1-12-6-8-13(9-7-12)17(14-10-11-14)19-16-5-3-2-4-15(16)18(20)21/h2-9,14,17,19H,10-11H2,1H3,(H,20,21). The van der Waals surface area contributed by atoms with Crippen LogP contribution >= 0.6 is 0 Å². The van der Waals surface area contributed by atoms with E-state index < -0.39 is 5.97 Å². The van der Waals surface area contributed by atoms with Gasteiger partial charge in [0, 0.05) is 5.69 Å². The van der Waals surface area contributed by atoms with Gasteiger partial charge in [-0.15, -0.1) is 0 Å². The third kappa shape index (κ3) is 3.07. The molecule has 1 atom stereocenters. The molecule has 0 aliphatic heterocycles. The average Bonchev–Trinajstić information content (AvgIpc) is 3.31. The Morgan fingerprint density at radius 1 is 1.14 bits per heavy atom. The highest BCUT2D eigenvalue weighted by Gasteiger charge is 2.32. The van der Waals surface area contributed by atoms with Crippen molar-refractivity contribution in [3.05, 3.63) is 65.2 Å². The lowest BCUT2D eigenvalue weighted by Gasteiger charge is -2.21. The molecule has 0 radical (unpaired) electrons. The third-order valence-electron chi connectivity index (χ3n) is 4.00. The number of aromatic carboxylic acids is 1. The Bertz CT molecular complexity index is 645. The van der Waals surface area contributed by atoms with Crippen LogP contribution in [0.5, 0.6) is 0 Å². The molecule has 1 unspecified atom stereocenters. The van der Waals surface area contributed by atoms with Gasteiger partial charge in [0.1, 0.15) is 0 Å². The van der Waals surface area contributed by atoms with E-state index >= 15 is 0 Å². The molecule has 1 fully saturated rings. The Labute approximate surface area is 124 Å². The molecule has 108 valence electrons. The van der Waals surface area contributed by atoms with E-state index in [9.17, 15) is 9.90 Å². The molecule has 0 saturated heterocycles. The van der Waals surface area contributed by atoms with Gasteiger partial charge in [-0.05, 0) is 43.4 Å². The van der Waals surface area contributed by atoms with Gasteiger partial charge >= 0.3 is 5.97 Å². The molecule has 0 bridgehead atoms. The largest absolute Gasteiger partial charge is 0.478 e. The second kappa shape index (κ2) is 5.60. The van der Waals surface area contributed by atoms with Crippen LogP contribution in [0.15, 0.2) is 48.5 Å². The van der Waals surface area contributed by atoms with E-state index in [0.717, 1.165) is 0 Å². The number of carbonyl (C=O) groups is 1. The van der Waals surface area contributed by atoms with Crippen molar-refractivity contribution in [2.45, 2.75) is 25.8 Å². The van der Waals surface area contributed by atoms with Crippen molar-refractivity contribution in [1.29, 1.82) is 0 Å². The summed E-state index contributed by atoms with van der Waals surface area (Å²) in [4.78, 5) is 11.3. The van der Waals surface area contributed by atoms with Crippen molar-refractivity contribution < 1.29 is 9.90 Å². The molecule has 3 nitrogen and oxygen atoms in total. The number of anilines is 1. The number of carboxylic acid groups (broad SMARTS) is 1. The summed E-state index contributed by atoms with van der Waals surface area (Å²) < 4.78 is 0. The van der Waals surface area contributed by atoms with Crippen LogP contribution in [0.4, 0.5) is 5.69 Å². The fraction of sp³-hybridized carbons (Fsp3) is 0.278. The van der Waals surface area contributed by atoms with Crippen molar-refractivity contribution >= 4 is 11.7 Å². The maximum Gasteiger partial charge on any atom is 0.337 e. The molecule has 1 aliphatic rings. The summed E-state index contributed by atoms with van der Waals surface area (Å²) >= 11 is 0. The van der Waals surface area contributed by atoms with E-state index in [1.807, 2.05) is 12.1 Å².